The summed E-state index contributed by atoms with van der Waals surface area (Å²) in [7, 11) is -0.835. The van der Waals surface area contributed by atoms with E-state index >= 15 is 0 Å². The number of rotatable bonds is 8. The first-order chi connectivity index (χ1) is 17.5. The summed E-state index contributed by atoms with van der Waals surface area (Å²) in [6, 6.07) is 6.04. The van der Waals surface area contributed by atoms with E-state index in [1.807, 2.05) is 0 Å². The zero-order chi connectivity index (χ0) is 27.3. The van der Waals surface area contributed by atoms with E-state index in [-0.39, 0.29) is 40.6 Å². The van der Waals surface area contributed by atoms with Crippen LogP contribution in [0.2, 0.25) is 0 Å². The first-order valence-corrected chi connectivity index (χ1v) is 13.3. The molecule has 0 saturated carbocycles. The standard InChI is InChI=1S/C24H27ClF3N5O3S/c1-30-23(18(25)10-29)16-5-3-14(8-20(16)27)24(34)33-22-11-32-15(12-37(35,36)31-2)9-17(22)13-4-6-19(26)21(28)7-13/h3-8,10,15,17,22,31-32H,9,11-12,29H2,1-2H3,(H,33,34)/t15?,17-,22+/m0/s1. The first kappa shape index (κ1) is 28.6. The molecule has 2 aromatic carbocycles. The maximum absolute atomic E-state index is 14.8. The molecule has 1 aliphatic heterocycles. The van der Waals surface area contributed by atoms with E-state index in [1.165, 1.54) is 32.3 Å². The number of hydrogen-bond donors (Lipinski definition) is 4. The highest BCUT2D eigenvalue weighted by molar-refractivity contribution is 7.89. The molecule has 2 aromatic rings. The van der Waals surface area contributed by atoms with E-state index in [9.17, 15) is 26.4 Å². The lowest BCUT2D eigenvalue weighted by atomic mass is 9.83. The van der Waals surface area contributed by atoms with Crippen molar-refractivity contribution in [2.24, 2.45) is 10.7 Å². The highest BCUT2D eigenvalue weighted by Crippen LogP contribution is 2.30. The van der Waals surface area contributed by atoms with Gasteiger partial charge >= 0.3 is 0 Å². The SMILES string of the molecule is CN=C(C(Cl)=CN)c1ccc(C(=O)N[C@@H]2CNC(CS(=O)(=O)NC)C[C@H]2c2ccc(F)c(F)c2)cc1F. The second-order valence-corrected chi connectivity index (χ2v) is 10.8. The second kappa shape index (κ2) is 12.1. The molecule has 1 fully saturated rings. The number of allylic oxidation sites excluding steroid dienone is 1. The number of benzene rings is 2. The number of nitrogens with one attached hydrogen (secondary N) is 3. The summed E-state index contributed by atoms with van der Waals surface area (Å²) in [4.78, 5) is 17.0. The Balaban J connectivity index is 1.86. The van der Waals surface area contributed by atoms with E-state index in [0.717, 1.165) is 24.4 Å². The maximum Gasteiger partial charge on any atom is 0.251 e. The Hall–Kier alpha value is -2.93. The molecule has 200 valence electrons. The predicted molar refractivity (Wildman–Crippen MR) is 137 cm³/mol. The van der Waals surface area contributed by atoms with Crippen LogP contribution in [-0.4, -0.2) is 58.5 Å². The molecule has 1 unspecified atom stereocenters. The first-order valence-electron chi connectivity index (χ1n) is 11.2. The van der Waals surface area contributed by atoms with Crippen molar-refractivity contribution in [3.63, 3.8) is 0 Å². The normalized spacial score (nSPS) is 21.1. The van der Waals surface area contributed by atoms with Crippen LogP contribution < -0.4 is 21.1 Å². The van der Waals surface area contributed by atoms with Gasteiger partial charge in [0.1, 0.15) is 5.82 Å². The van der Waals surface area contributed by atoms with Gasteiger partial charge in [0.25, 0.3) is 5.91 Å². The van der Waals surface area contributed by atoms with Gasteiger partial charge in [0.2, 0.25) is 10.0 Å². The summed E-state index contributed by atoms with van der Waals surface area (Å²) in [5.74, 6) is -4.22. The van der Waals surface area contributed by atoms with Gasteiger partial charge in [0.15, 0.2) is 11.6 Å². The molecular formula is C24H27ClF3N5O3S. The molecule has 1 heterocycles. The highest BCUT2D eigenvalue weighted by Gasteiger charge is 2.35. The number of nitrogens with two attached hydrogens (primary N) is 1. The Bertz CT molecular complexity index is 1340. The fourth-order valence-corrected chi connectivity index (χ4v) is 5.40. The summed E-state index contributed by atoms with van der Waals surface area (Å²) < 4.78 is 68.8. The number of hydrogen-bond acceptors (Lipinski definition) is 6. The summed E-state index contributed by atoms with van der Waals surface area (Å²) in [6.07, 6.45) is 1.29. The van der Waals surface area contributed by atoms with Crippen molar-refractivity contribution in [1.82, 2.24) is 15.4 Å². The number of nitrogens with zero attached hydrogens (tertiary/aromatic N) is 1. The number of carbonyl (C=O) groups excluding carboxylic acids is 1. The van der Waals surface area contributed by atoms with Crippen molar-refractivity contribution in [2.75, 3.05) is 26.4 Å². The van der Waals surface area contributed by atoms with Gasteiger partial charge in [-0.25, -0.2) is 26.3 Å². The zero-order valence-corrected chi connectivity index (χ0v) is 21.6. The quantitative estimate of drug-likeness (QED) is 0.371. The second-order valence-electron chi connectivity index (χ2n) is 8.47. The Labute approximate surface area is 218 Å². The zero-order valence-electron chi connectivity index (χ0n) is 20.1. The van der Waals surface area contributed by atoms with Crippen molar-refractivity contribution in [3.8, 4) is 0 Å². The lowest BCUT2D eigenvalue weighted by molar-refractivity contribution is 0.0919. The van der Waals surface area contributed by atoms with Gasteiger partial charge in [-0.3, -0.25) is 9.79 Å². The largest absolute Gasteiger partial charge is 0.403 e. The van der Waals surface area contributed by atoms with Crippen LogP contribution in [0.1, 0.15) is 33.8 Å². The van der Waals surface area contributed by atoms with Gasteiger partial charge < -0.3 is 16.4 Å². The molecule has 3 atom stereocenters. The molecule has 0 spiro atoms. The number of aliphatic imine (C=N–C) groups is 1. The third-order valence-corrected chi connectivity index (χ3v) is 7.92. The molecule has 0 bridgehead atoms. The fourth-order valence-electron chi connectivity index (χ4n) is 4.26. The van der Waals surface area contributed by atoms with Crippen LogP contribution in [0.15, 0.2) is 52.6 Å². The molecule has 3 rings (SSSR count). The van der Waals surface area contributed by atoms with E-state index in [1.54, 1.807) is 0 Å². The van der Waals surface area contributed by atoms with Gasteiger partial charge in [-0.2, -0.15) is 0 Å². The van der Waals surface area contributed by atoms with Crippen LogP contribution in [0.25, 0.3) is 0 Å². The van der Waals surface area contributed by atoms with Crippen LogP contribution in [0, 0.1) is 17.5 Å². The minimum Gasteiger partial charge on any atom is -0.403 e. The maximum atomic E-state index is 14.8. The molecule has 0 aliphatic carbocycles. The van der Waals surface area contributed by atoms with Crippen LogP contribution >= 0.6 is 11.6 Å². The van der Waals surface area contributed by atoms with Crippen molar-refractivity contribution in [3.05, 3.63) is 81.8 Å². The predicted octanol–water partition coefficient (Wildman–Crippen LogP) is 2.36. The third kappa shape index (κ3) is 6.89. The molecule has 0 aromatic heterocycles. The van der Waals surface area contributed by atoms with Crippen molar-refractivity contribution in [2.45, 2.75) is 24.4 Å². The summed E-state index contributed by atoms with van der Waals surface area (Å²) >= 11 is 5.99. The molecule has 37 heavy (non-hydrogen) atoms. The minimum absolute atomic E-state index is 0.00785. The lowest BCUT2D eigenvalue weighted by Gasteiger charge is -2.37. The Kier molecular flexibility index (Phi) is 9.35. The van der Waals surface area contributed by atoms with Crippen molar-refractivity contribution in [1.29, 1.82) is 0 Å². The third-order valence-electron chi connectivity index (χ3n) is 6.15. The van der Waals surface area contributed by atoms with Crippen molar-refractivity contribution < 1.29 is 26.4 Å². The van der Waals surface area contributed by atoms with Crippen LogP contribution in [-0.2, 0) is 10.0 Å². The van der Waals surface area contributed by atoms with E-state index < -0.39 is 51.4 Å². The summed E-state index contributed by atoms with van der Waals surface area (Å²) in [5, 5.41) is 5.92. The number of halogens is 4. The number of carbonyl (C=O) groups is 1. The molecule has 1 saturated heterocycles. The van der Waals surface area contributed by atoms with Gasteiger partial charge in [0.05, 0.1) is 16.5 Å². The molecule has 13 heteroatoms. The topological polar surface area (TPSA) is 126 Å². The summed E-state index contributed by atoms with van der Waals surface area (Å²) in [5.41, 5.74) is 5.97. The van der Waals surface area contributed by atoms with Crippen LogP contribution in [0.3, 0.4) is 0 Å². The van der Waals surface area contributed by atoms with E-state index in [2.05, 4.69) is 20.3 Å². The van der Waals surface area contributed by atoms with Gasteiger partial charge in [-0.05, 0) is 49.4 Å². The smallest absolute Gasteiger partial charge is 0.251 e. The van der Waals surface area contributed by atoms with E-state index in [0.29, 0.717) is 5.56 Å². The highest BCUT2D eigenvalue weighted by atomic mass is 35.5. The summed E-state index contributed by atoms with van der Waals surface area (Å²) in [6.45, 7) is 0.142. The Morgan fingerprint density at radius 1 is 1.19 bits per heavy atom. The number of amides is 1. The van der Waals surface area contributed by atoms with Gasteiger partial charge in [-0.15, -0.1) is 0 Å². The van der Waals surface area contributed by atoms with Crippen molar-refractivity contribution >= 4 is 33.2 Å². The molecule has 8 nitrogen and oxygen atoms in total. The molecule has 5 N–H and O–H groups in total. The van der Waals surface area contributed by atoms with E-state index in [4.69, 9.17) is 17.3 Å². The molecule has 1 aliphatic rings. The number of piperidine rings is 1. The van der Waals surface area contributed by atoms with Crippen LogP contribution in [0.4, 0.5) is 13.2 Å². The Morgan fingerprint density at radius 3 is 2.51 bits per heavy atom. The average molecular weight is 558 g/mol. The monoisotopic (exact) mass is 557 g/mol. The van der Waals surface area contributed by atoms with Gasteiger partial charge in [0, 0.05) is 48.9 Å². The Morgan fingerprint density at radius 2 is 1.92 bits per heavy atom. The molecule has 0 radical (unpaired) electrons. The molecule has 1 amide bonds. The lowest BCUT2D eigenvalue weighted by Crippen LogP contribution is -2.55. The van der Waals surface area contributed by atoms with Gasteiger partial charge in [-0.1, -0.05) is 17.7 Å². The fraction of sp³-hybridized carbons (Fsp3) is 0.333. The number of sulfonamides is 1. The van der Waals surface area contributed by atoms with Crippen LogP contribution in [0.5, 0.6) is 0 Å². The average Bonchev–Trinajstić information content (AvgIpc) is 2.87. The molecular weight excluding hydrogens is 531 g/mol. The minimum atomic E-state index is -3.56.